The third-order valence-corrected chi connectivity index (χ3v) is 2.85. The molecule has 0 saturated heterocycles. The van der Waals surface area contributed by atoms with Gasteiger partial charge >= 0.3 is 11.7 Å². The van der Waals surface area contributed by atoms with E-state index in [2.05, 4.69) is 15.9 Å². The molecular formula is C11H11BrFNO4. The number of nitrogens with zero attached hydrogens (tertiary/aromatic N) is 1. The van der Waals surface area contributed by atoms with Crippen LogP contribution in [0.4, 0.5) is 10.1 Å². The first-order valence-corrected chi connectivity index (χ1v) is 6.29. The number of hydrogen-bond acceptors (Lipinski definition) is 4. The van der Waals surface area contributed by atoms with Crippen molar-refractivity contribution in [2.75, 3.05) is 6.61 Å². The van der Waals surface area contributed by atoms with Crippen LogP contribution in [-0.2, 0) is 21.3 Å². The Morgan fingerprint density at radius 2 is 2.17 bits per heavy atom. The second kappa shape index (κ2) is 6.44. The fourth-order valence-electron chi connectivity index (χ4n) is 1.44. The maximum atomic E-state index is 13.4. The van der Waals surface area contributed by atoms with Crippen molar-refractivity contribution in [1.29, 1.82) is 0 Å². The van der Waals surface area contributed by atoms with Crippen molar-refractivity contribution >= 4 is 27.6 Å². The summed E-state index contributed by atoms with van der Waals surface area (Å²) in [5.41, 5.74) is 0.239. The van der Waals surface area contributed by atoms with Gasteiger partial charge in [-0.1, -0.05) is 15.9 Å². The molecule has 5 nitrogen and oxygen atoms in total. The van der Waals surface area contributed by atoms with E-state index in [4.69, 9.17) is 4.74 Å². The van der Waals surface area contributed by atoms with Crippen molar-refractivity contribution in [2.45, 2.75) is 18.7 Å². The minimum Gasteiger partial charge on any atom is -0.466 e. The van der Waals surface area contributed by atoms with Crippen LogP contribution in [0.5, 0.6) is 0 Å². The predicted octanol–water partition coefficient (Wildman–Crippen LogP) is 2.73. The van der Waals surface area contributed by atoms with Crippen molar-refractivity contribution in [3.05, 3.63) is 39.2 Å². The first-order chi connectivity index (χ1) is 8.49. The maximum absolute atomic E-state index is 13.4. The highest BCUT2D eigenvalue weighted by molar-refractivity contribution is 9.08. The molecule has 7 heteroatoms. The fourth-order valence-corrected chi connectivity index (χ4v) is 1.96. The van der Waals surface area contributed by atoms with Gasteiger partial charge < -0.3 is 4.74 Å². The van der Waals surface area contributed by atoms with E-state index in [9.17, 15) is 19.3 Å². The molecule has 1 rings (SSSR count). The Hall–Kier alpha value is -1.50. The molecule has 0 aliphatic heterocycles. The summed E-state index contributed by atoms with van der Waals surface area (Å²) < 4.78 is 18.1. The van der Waals surface area contributed by atoms with E-state index in [1.807, 2.05) is 0 Å². The minimum atomic E-state index is -0.915. The van der Waals surface area contributed by atoms with E-state index >= 15 is 0 Å². The van der Waals surface area contributed by atoms with Crippen molar-refractivity contribution < 1.29 is 18.8 Å². The quantitative estimate of drug-likeness (QED) is 0.362. The normalized spacial score (nSPS) is 10.2. The largest absolute Gasteiger partial charge is 0.466 e. The van der Waals surface area contributed by atoms with E-state index in [1.54, 1.807) is 6.92 Å². The summed E-state index contributed by atoms with van der Waals surface area (Å²) in [5.74, 6) is -1.41. The van der Waals surface area contributed by atoms with Gasteiger partial charge in [-0.15, -0.1) is 0 Å². The zero-order valence-electron chi connectivity index (χ0n) is 9.61. The zero-order chi connectivity index (χ0) is 13.7. The number of benzene rings is 1. The van der Waals surface area contributed by atoms with Gasteiger partial charge in [-0.2, -0.15) is 4.39 Å². The molecule has 0 radical (unpaired) electrons. The van der Waals surface area contributed by atoms with E-state index in [0.29, 0.717) is 16.5 Å². The van der Waals surface area contributed by atoms with Crippen LogP contribution in [-0.4, -0.2) is 17.5 Å². The van der Waals surface area contributed by atoms with Gasteiger partial charge in [-0.3, -0.25) is 14.9 Å². The second-order valence-electron chi connectivity index (χ2n) is 3.44. The molecular weight excluding hydrogens is 309 g/mol. The summed E-state index contributed by atoms with van der Waals surface area (Å²) in [6.07, 6.45) is -0.115. The molecule has 0 atom stereocenters. The number of hydrogen-bond donors (Lipinski definition) is 0. The molecule has 0 aliphatic carbocycles. The highest BCUT2D eigenvalue weighted by Crippen LogP contribution is 2.24. The first kappa shape index (κ1) is 14.6. The highest BCUT2D eigenvalue weighted by Gasteiger charge is 2.19. The first-order valence-electron chi connectivity index (χ1n) is 5.16. The van der Waals surface area contributed by atoms with E-state index in [1.165, 1.54) is 0 Å². The average molecular weight is 320 g/mol. The van der Waals surface area contributed by atoms with Gasteiger partial charge in [0.15, 0.2) is 0 Å². The number of alkyl halides is 1. The summed E-state index contributed by atoms with van der Waals surface area (Å²) in [7, 11) is 0. The van der Waals surface area contributed by atoms with Crippen LogP contribution >= 0.6 is 15.9 Å². The summed E-state index contributed by atoms with van der Waals surface area (Å²) in [6, 6.07) is 2.13. The van der Waals surface area contributed by atoms with Gasteiger partial charge in [0, 0.05) is 11.4 Å². The molecule has 98 valence electrons. The van der Waals surface area contributed by atoms with Gasteiger partial charge in [-0.25, -0.2) is 0 Å². The third-order valence-electron chi connectivity index (χ3n) is 2.25. The number of carbonyl (C=O) groups excluding carboxylic acids is 1. The number of nitro groups is 1. The molecule has 0 fully saturated rings. The Balaban J connectivity index is 3.11. The third kappa shape index (κ3) is 3.49. The van der Waals surface area contributed by atoms with Crippen LogP contribution in [0.25, 0.3) is 0 Å². The molecule has 0 unspecified atom stereocenters. The zero-order valence-corrected chi connectivity index (χ0v) is 11.2. The van der Waals surface area contributed by atoms with Gasteiger partial charge in [0.1, 0.15) is 0 Å². The van der Waals surface area contributed by atoms with Crippen LogP contribution in [0.2, 0.25) is 0 Å². The topological polar surface area (TPSA) is 69.4 Å². The van der Waals surface area contributed by atoms with Crippen LogP contribution in [0, 0.1) is 15.9 Å². The van der Waals surface area contributed by atoms with Gasteiger partial charge in [0.05, 0.1) is 18.0 Å². The lowest BCUT2D eigenvalue weighted by molar-refractivity contribution is -0.387. The molecule has 0 saturated carbocycles. The van der Waals surface area contributed by atoms with Gasteiger partial charge in [0.25, 0.3) is 0 Å². The van der Waals surface area contributed by atoms with Crippen molar-refractivity contribution in [1.82, 2.24) is 0 Å². The number of rotatable bonds is 5. The number of carbonyl (C=O) groups is 1. The Labute approximate surface area is 111 Å². The minimum absolute atomic E-state index is 0.115. The molecule has 0 spiro atoms. The Morgan fingerprint density at radius 3 is 2.67 bits per heavy atom. The van der Waals surface area contributed by atoms with Gasteiger partial charge in [-0.05, 0) is 24.1 Å². The lowest BCUT2D eigenvalue weighted by Crippen LogP contribution is -2.10. The Bertz CT molecular complexity index is 478. The lowest BCUT2D eigenvalue weighted by atomic mass is 10.0. The molecule has 18 heavy (non-hydrogen) atoms. The molecule has 0 aliphatic rings. The summed E-state index contributed by atoms with van der Waals surface area (Å²) in [5, 5.41) is 10.9. The fraction of sp³-hybridized carbons (Fsp3) is 0.364. The molecule has 0 aromatic heterocycles. The van der Waals surface area contributed by atoms with Gasteiger partial charge in [0.2, 0.25) is 5.82 Å². The summed E-state index contributed by atoms with van der Waals surface area (Å²) in [4.78, 5) is 21.2. The predicted molar refractivity (Wildman–Crippen MR) is 66.0 cm³/mol. The summed E-state index contributed by atoms with van der Waals surface area (Å²) in [6.45, 7) is 1.89. The molecule has 0 N–H and O–H groups in total. The van der Waals surface area contributed by atoms with Crippen LogP contribution in [0.3, 0.4) is 0 Å². The molecule has 1 aromatic rings. The molecule has 0 bridgehead atoms. The average Bonchev–Trinajstić information content (AvgIpc) is 2.30. The number of halogens is 2. The number of ether oxygens (including phenoxy) is 1. The highest BCUT2D eigenvalue weighted by atomic mass is 79.9. The maximum Gasteiger partial charge on any atom is 0.310 e. The SMILES string of the molecule is CCOC(=O)Cc1cc([N+](=O)[O-])c(F)cc1CBr. The molecule has 0 heterocycles. The van der Waals surface area contributed by atoms with E-state index in [0.717, 1.165) is 12.1 Å². The van der Waals surface area contributed by atoms with E-state index < -0.39 is 22.4 Å². The number of esters is 1. The smallest absolute Gasteiger partial charge is 0.310 e. The van der Waals surface area contributed by atoms with E-state index in [-0.39, 0.29) is 13.0 Å². The molecule has 0 amide bonds. The van der Waals surface area contributed by atoms with Crippen molar-refractivity contribution in [2.24, 2.45) is 0 Å². The summed E-state index contributed by atoms with van der Waals surface area (Å²) >= 11 is 3.14. The van der Waals surface area contributed by atoms with Crippen molar-refractivity contribution in [3.8, 4) is 0 Å². The Kier molecular flexibility index (Phi) is 5.21. The van der Waals surface area contributed by atoms with Crippen LogP contribution in [0.15, 0.2) is 12.1 Å². The Morgan fingerprint density at radius 1 is 1.50 bits per heavy atom. The number of nitro benzene ring substituents is 1. The molecule has 1 aromatic carbocycles. The van der Waals surface area contributed by atoms with Crippen LogP contribution in [0.1, 0.15) is 18.1 Å². The second-order valence-corrected chi connectivity index (χ2v) is 4.01. The van der Waals surface area contributed by atoms with Crippen LogP contribution < -0.4 is 0 Å². The standard InChI is InChI=1S/C11H11BrFNO4/c1-2-18-11(15)5-7-4-10(14(16)17)9(13)3-8(7)6-12/h3-4H,2,5-6H2,1H3. The monoisotopic (exact) mass is 319 g/mol. The lowest BCUT2D eigenvalue weighted by Gasteiger charge is -2.07. The van der Waals surface area contributed by atoms with Crippen molar-refractivity contribution in [3.63, 3.8) is 0 Å².